The number of aryl methyl sites for hydroxylation is 1. The Bertz CT molecular complexity index is 621. The smallest absolute Gasteiger partial charge is 0.307 e. The van der Waals surface area contributed by atoms with Crippen LogP contribution in [-0.2, 0) is 4.79 Å². The molecule has 0 bridgehead atoms. The van der Waals surface area contributed by atoms with Crippen LogP contribution in [0.25, 0.3) is 10.9 Å². The molecule has 2 atom stereocenters. The third kappa shape index (κ3) is 1.76. The first-order chi connectivity index (χ1) is 8.65. The molecule has 18 heavy (non-hydrogen) atoms. The fourth-order valence-corrected chi connectivity index (χ4v) is 2.67. The number of carboxylic acids is 1. The third-order valence-corrected chi connectivity index (χ3v) is 3.87. The van der Waals surface area contributed by atoms with E-state index in [1.165, 1.54) is 0 Å². The first kappa shape index (κ1) is 11.2. The predicted molar refractivity (Wildman–Crippen MR) is 69.6 cm³/mol. The highest BCUT2D eigenvalue weighted by Crippen LogP contribution is 2.43. The van der Waals surface area contributed by atoms with Crippen molar-refractivity contribution in [3.8, 4) is 0 Å². The SMILES string of the molecule is Cc1ccc2cc(C3CCC3C(=O)O)ccc2n1. The lowest BCUT2D eigenvalue weighted by molar-refractivity contribution is -0.145. The normalized spacial score (nSPS) is 22.7. The second kappa shape index (κ2) is 4.09. The van der Waals surface area contributed by atoms with E-state index in [0.29, 0.717) is 0 Å². The number of rotatable bonds is 2. The Hall–Kier alpha value is -1.90. The zero-order valence-corrected chi connectivity index (χ0v) is 10.3. The average molecular weight is 241 g/mol. The van der Waals surface area contributed by atoms with E-state index in [9.17, 15) is 4.79 Å². The van der Waals surface area contributed by atoms with E-state index >= 15 is 0 Å². The monoisotopic (exact) mass is 241 g/mol. The van der Waals surface area contributed by atoms with E-state index in [2.05, 4.69) is 17.1 Å². The van der Waals surface area contributed by atoms with E-state index in [-0.39, 0.29) is 11.8 Å². The Morgan fingerprint density at radius 3 is 2.78 bits per heavy atom. The largest absolute Gasteiger partial charge is 0.481 e. The predicted octanol–water partition coefficient (Wildman–Crippen LogP) is 3.12. The fourth-order valence-electron chi connectivity index (χ4n) is 2.67. The van der Waals surface area contributed by atoms with E-state index < -0.39 is 5.97 Å². The second-order valence-electron chi connectivity index (χ2n) is 5.03. The van der Waals surface area contributed by atoms with Gasteiger partial charge in [0, 0.05) is 11.1 Å². The van der Waals surface area contributed by atoms with Crippen molar-refractivity contribution in [1.82, 2.24) is 4.98 Å². The molecular weight excluding hydrogens is 226 g/mol. The molecule has 1 fully saturated rings. The highest BCUT2D eigenvalue weighted by atomic mass is 16.4. The lowest BCUT2D eigenvalue weighted by Crippen LogP contribution is -2.30. The van der Waals surface area contributed by atoms with Crippen LogP contribution in [0.4, 0.5) is 0 Å². The number of nitrogens with zero attached hydrogens (tertiary/aromatic N) is 1. The molecule has 0 radical (unpaired) electrons. The molecular formula is C15H15NO2. The molecule has 1 aliphatic rings. The van der Waals surface area contributed by atoms with E-state index in [0.717, 1.165) is 35.0 Å². The summed E-state index contributed by atoms with van der Waals surface area (Å²) in [6.45, 7) is 1.97. The summed E-state index contributed by atoms with van der Waals surface area (Å²) >= 11 is 0. The maximum absolute atomic E-state index is 11.1. The highest BCUT2D eigenvalue weighted by molar-refractivity contribution is 5.80. The van der Waals surface area contributed by atoms with Crippen molar-refractivity contribution in [3.05, 3.63) is 41.6 Å². The van der Waals surface area contributed by atoms with E-state index in [1.807, 2.05) is 25.1 Å². The van der Waals surface area contributed by atoms with Gasteiger partial charge in [-0.2, -0.15) is 0 Å². The molecule has 3 heteroatoms. The van der Waals surface area contributed by atoms with Crippen LogP contribution in [-0.4, -0.2) is 16.1 Å². The Morgan fingerprint density at radius 2 is 2.11 bits per heavy atom. The molecule has 1 N–H and O–H groups in total. The molecule has 0 aliphatic heterocycles. The van der Waals surface area contributed by atoms with Crippen molar-refractivity contribution in [2.24, 2.45) is 5.92 Å². The number of fused-ring (bicyclic) bond motifs is 1. The van der Waals surface area contributed by atoms with Crippen LogP contribution in [0, 0.1) is 12.8 Å². The molecule has 1 saturated carbocycles. The summed E-state index contributed by atoms with van der Waals surface area (Å²) in [5.74, 6) is -0.706. The first-order valence-electron chi connectivity index (χ1n) is 6.25. The van der Waals surface area contributed by atoms with Crippen molar-refractivity contribution in [2.75, 3.05) is 0 Å². The second-order valence-corrected chi connectivity index (χ2v) is 5.03. The van der Waals surface area contributed by atoms with Gasteiger partial charge < -0.3 is 5.11 Å². The van der Waals surface area contributed by atoms with Crippen LogP contribution >= 0.6 is 0 Å². The van der Waals surface area contributed by atoms with Crippen molar-refractivity contribution in [1.29, 1.82) is 0 Å². The topological polar surface area (TPSA) is 50.2 Å². The summed E-state index contributed by atoms with van der Waals surface area (Å²) in [4.78, 5) is 15.5. The Morgan fingerprint density at radius 1 is 1.28 bits per heavy atom. The van der Waals surface area contributed by atoms with Crippen LogP contribution in [0.15, 0.2) is 30.3 Å². The van der Waals surface area contributed by atoms with Crippen LogP contribution < -0.4 is 0 Å². The molecule has 1 aromatic carbocycles. The number of benzene rings is 1. The van der Waals surface area contributed by atoms with Gasteiger partial charge in [-0.05, 0) is 49.4 Å². The molecule has 92 valence electrons. The third-order valence-electron chi connectivity index (χ3n) is 3.87. The van der Waals surface area contributed by atoms with Crippen LogP contribution in [0.2, 0.25) is 0 Å². The summed E-state index contributed by atoms with van der Waals surface area (Å²) < 4.78 is 0. The number of hydrogen-bond donors (Lipinski definition) is 1. The minimum absolute atomic E-state index is 0.174. The quantitative estimate of drug-likeness (QED) is 0.878. The van der Waals surface area contributed by atoms with Crippen molar-refractivity contribution in [2.45, 2.75) is 25.7 Å². The average Bonchev–Trinajstić information content (AvgIpc) is 2.27. The van der Waals surface area contributed by atoms with Gasteiger partial charge in [-0.15, -0.1) is 0 Å². The standard InChI is InChI=1S/C15H15NO2/c1-9-2-3-11-8-10(4-7-14(11)16-9)12-5-6-13(12)15(17)18/h2-4,7-8,12-13H,5-6H2,1H3,(H,17,18). The molecule has 1 aromatic heterocycles. The van der Waals surface area contributed by atoms with Crippen LogP contribution in [0.5, 0.6) is 0 Å². The van der Waals surface area contributed by atoms with Gasteiger partial charge in [-0.3, -0.25) is 9.78 Å². The minimum Gasteiger partial charge on any atom is -0.481 e. The van der Waals surface area contributed by atoms with Crippen molar-refractivity contribution in [3.63, 3.8) is 0 Å². The Kier molecular flexibility index (Phi) is 2.54. The Labute approximate surface area is 105 Å². The van der Waals surface area contributed by atoms with Gasteiger partial charge in [-0.1, -0.05) is 12.1 Å². The van der Waals surface area contributed by atoms with Crippen LogP contribution in [0.1, 0.15) is 30.0 Å². The summed E-state index contributed by atoms with van der Waals surface area (Å²) in [6, 6.07) is 10.1. The molecule has 3 nitrogen and oxygen atoms in total. The molecule has 0 spiro atoms. The maximum atomic E-state index is 11.1. The summed E-state index contributed by atoms with van der Waals surface area (Å²) in [7, 11) is 0. The minimum atomic E-state index is -0.673. The summed E-state index contributed by atoms with van der Waals surface area (Å²) in [5, 5.41) is 10.2. The van der Waals surface area contributed by atoms with Gasteiger partial charge in [0.15, 0.2) is 0 Å². The molecule has 1 aliphatic carbocycles. The number of carbonyl (C=O) groups is 1. The summed E-state index contributed by atoms with van der Waals surface area (Å²) in [6.07, 6.45) is 1.77. The molecule has 2 aromatic rings. The van der Waals surface area contributed by atoms with Gasteiger partial charge in [0.1, 0.15) is 0 Å². The molecule has 0 saturated heterocycles. The van der Waals surface area contributed by atoms with E-state index in [1.54, 1.807) is 0 Å². The van der Waals surface area contributed by atoms with Gasteiger partial charge in [0.05, 0.1) is 11.4 Å². The van der Waals surface area contributed by atoms with Crippen molar-refractivity contribution >= 4 is 16.9 Å². The van der Waals surface area contributed by atoms with Gasteiger partial charge in [0.2, 0.25) is 0 Å². The molecule has 2 unspecified atom stereocenters. The number of aliphatic carboxylic acids is 1. The Balaban J connectivity index is 1.99. The maximum Gasteiger partial charge on any atom is 0.307 e. The molecule has 3 rings (SSSR count). The lowest BCUT2D eigenvalue weighted by atomic mass is 9.70. The van der Waals surface area contributed by atoms with Gasteiger partial charge in [-0.25, -0.2) is 0 Å². The highest BCUT2D eigenvalue weighted by Gasteiger charge is 2.37. The number of carboxylic acid groups (broad SMARTS) is 1. The number of pyridine rings is 1. The molecule has 1 heterocycles. The lowest BCUT2D eigenvalue weighted by Gasteiger charge is -2.33. The van der Waals surface area contributed by atoms with Crippen LogP contribution in [0.3, 0.4) is 0 Å². The fraction of sp³-hybridized carbons (Fsp3) is 0.333. The number of hydrogen-bond acceptors (Lipinski definition) is 2. The summed E-state index contributed by atoms with van der Waals surface area (Å²) in [5.41, 5.74) is 3.11. The number of aromatic nitrogens is 1. The first-order valence-corrected chi connectivity index (χ1v) is 6.25. The van der Waals surface area contributed by atoms with E-state index in [4.69, 9.17) is 5.11 Å². The van der Waals surface area contributed by atoms with Crippen molar-refractivity contribution < 1.29 is 9.90 Å². The van der Waals surface area contributed by atoms with Gasteiger partial charge >= 0.3 is 5.97 Å². The zero-order valence-electron chi connectivity index (χ0n) is 10.3. The van der Waals surface area contributed by atoms with Gasteiger partial charge in [0.25, 0.3) is 0 Å². The zero-order chi connectivity index (χ0) is 12.7. The molecule has 0 amide bonds.